The van der Waals surface area contributed by atoms with Crippen LogP contribution in [0.5, 0.6) is 5.75 Å². The standard InChI is InChI=1S/C16H9F3O/c17-10-7-12(18)16(13(19)8-10)15-11-4-2-1-3-9(11)5-6-14(15)20/h1-8,20H. The van der Waals surface area contributed by atoms with Crippen molar-refractivity contribution >= 4 is 10.8 Å². The Morgan fingerprint density at radius 3 is 2.10 bits per heavy atom. The predicted octanol–water partition coefficient (Wildman–Crippen LogP) is 4.63. The highest BCUT2D eigenvalue weighted by atomic mass is 19.1. The van der Waals surface area contributed by atoms with Crippen LogP contribution < -0.4 is 0 Å². The molecule has 3 rings (SSSR count). The molecule has 4 heteroatoms. The Kier molecular flexibility index (Phi) is 2.86. The molecule has 0 aliphatic carbocycles. The van der Waals surface area contributed by atoms with Crippen molar-refractivity contribution in [2.45, 2.75) is 0 Å². The van der Waals surface area contributed by atoms with Crippen LogP contribution in [0.25, 0.3) is 21.9 Å². The highest BCUT2D eigenvalue weighted by Crippen LogP contribution is 2.39. The van der Waals surface area contributed by atoms with Gasteiger partial charge in [-0.1, -0.05) is 30.3 Å². The van der Waals surface area contributed by atoms with E-state index in [9.17, 15) is 18.3 Å². The molecule has 0 saturated heterocycles. The van der Waals surface area contributed by atoms with Gasteiger partial charge in [-0.2, -0.15) is 0 Å². The molecular weight excluding hydrogens is 265 g/mol. The molecule has 0 bridgehead atoms. The number of fused-ring (bicyclic) bond motifs is 1. The van der Waals surface area contributed by atoms with Gasteiger partial charge in [-0.15, -0.1) is 0 Å². The van der Waals surface area contributed by atoms with Crippen LogP contribution in [0.2, 0.25) is 0 Å². The number of aromatic hydroxyl groups is 1. The number of phenolic OH excluding ortho intramolecular Hbond substituents is 1. The van der Waals surface area contributed by atoms with Gasteiger partial charge in [0.1, 0.15) is 23.2 Å². The highest BCUT2D eigenvalue weighted by molar-refractivity contribution is 5.99. The molecule has 0 atom stereocenters. The Hall–Kier alpha value is -2.49. The maximum Gasteiger partial charge on any atom is 0.137 e. The largest absolute Gasteiger partial charge is 0.507 e. The summed E-state index contributed by atoms with van der Waals surface area (Å²) in [7, 11) is 0. The molecule has 0 aliphatic rings. The first-order chi connectivity index (χ1) is 9.58. The maximum atomic E-state index is 13.9. The Balaban J connectivity index is 2.44. The van der Waals surface area contributed by atoms with Crippen molar-refractivity contribution in [1.29, 1.82) is 0 Å². The topological polar surface area (TPSA) is 20.2 Å². The summed E-state index contributed by atoms with van der Waals surface area (Å²) in [6.07, 6.45) is 0. The first-order valence-electron chi connectivity index (χ1n) is 5.93. The minimum atomic E-state index is -1.05. The van der Waals surface area contributed by atoms with Gasteiger partial charge in [0.25, 0.3) is 0 Å². The summed E-state index contributed by atoms with van der Waals surface area (Å²) < 4.78 is 40.8. The first-order valence-corrected chi connectivity index (χ1v) is 5.93. The van der Waals surface area contributed by atoms with Gasteiger partial charge in [0, 0.05) is 17.7 Å². The number of rotatable bonds is 1. The summed E-state index contributed by atoms with van der Waals surface area (Å²) in [5.74, 6) is -3.35. The van der Waals surface area contributed by atoms with Gasteiger partial charge in [0.15, 0.2) is 0 Å². The zero-order chi connectivity index (χ0) is 14.3. The smallest absolute Gasteiger partial charge is 0.137 e. The van der Waals surface area contributed by atoms with Crippen LogP contribution in [-0.4, -0.2) is 5.11 Å². The summed E-state index contributed by atoms with van der Waals surface area (Å²) >= 11 is 0. The van der Waals surface area contributed by atoms with Crippen LogP contribution in [0, 0.1) is 17.5 Å². The molecule has 0 aliphatic heterocycles. The minimum Gasteiger partial charge on any atom is -0.507 e. The van der Waals surface area contributed by atoms with Gasteiger partial charge >= 0.3 is 0 Å². The zero-order valence-electron chi connectivity index (χ0n) is 10.2. The van der Waals surface area contributed by atoms with Gasteiger partial charge in [0.05, 0.1) is 5.56 Å². The molecular formula is C16H9F3O. The fraction of sp³-hybridized carbons (Fsp3) is 0. The molecule has 20 heavy (non-hydrogen) atoms. The van der Waals surface area contributed by atoms with E-state index in [-0.39, 0.29) is 11.3 Å². The number of benzene rings is 3. The Labute approximate surface area is 112 Å². The summed E-state index contributed by atoms with van der Waals surface area (Å²) in [5.41, 5.74) is -0.404. The highest BCUT2D eigenvalue weighted by Gasteiger charge is 2.19. The number of halogens is 3. The average molecular weight is 274 g/mol. The Morgan fingerprint density at radius 1 is 0.750 bits per heavy atom. The molecule has 100 valence electrons. The van der Waals surface area contributed by atoms with E-state index in [0.717, 1.165) is 5.39 Å². The summed E-state index contributed by atoms with van der Waals surface area (Å²) in [4.78, 5) is 0. The van der Waals surface area contributed by atoms with Gasteiger partial charge in [-0.25, -0.2) is 13.2 Å². The van der Waals surface area contributed by atoms with Crippen molar-refractivity contribution in [2.24, 2.45) is 0 Å². The normalized spacial score (nSPS) is 10.9. The van der Waals surface area contributed by atoms with E-state index in [1.54, 1.807) is 30.3 Å². The quantitative estimate of drug-likeness (QED) is 0.686. The second-order valence-corrected chi connectivity index (χ2v) is 4.43. The monoisotopic (exact) mass is 274 g/mol. The lowest BCUT2D eigenvalue weighted by Crippen LogP contribution is -1.94. The van der Waals surface area contributed by atoms with E-state index in [2.05, 4.69) is 0 Å². The van der Waals surface area contributed by atoms with Crippen LogP contribution in [-0.2, 0) is 0 Å². The van der Waals surface area contributed by atoms with Gasteiger partial charge < -0.3 is 5.11 Å². The fourth-order valence-electron chi connectivity index (χ4n) is 2.30. The minimum absolute atomic E-state index is 0.0260. The SMILES string of the molecule is Oc1ccc2ccccc2c1-c1c(F)cc(F)cc1F. The van der Waals surface area contributed by atoms with E-state index in [1.165, 1.54) is 6.07 Å². The third kappa shape index (κ3) is 1.90. The number of hydrogen-bond donors (Lipinski definition) is 1. The lowest BCUT2D eigenvalue weighted by atomic mass is 9.96. The third-order valence-corrected chi connectivity index (χ3v) is 3.16. The van der Waals surface area contributed by atoms with Crippen molar-refractivity contribution in [3.8, 4) is 16.9 Å². The zero-order valence-corrected chi connectivity index (χ0v) is 10.2. The Morgan fingerprint density at radius 2 is 1.40 bits per heavy atom. The summed E-state index contributed by atoms with van der Waals surface area (Å²) in [6.45, 7) is 0. The van der Waals surface area contributed by atoms with Crippen LogP contribution in [0.4, 0.5) is 13.2 Å². The van der Waals surface area contributed by atoms with E-state index in [4.69, 9.17) is 0 Å². The average Bonchev–Trinajstić information content (AvgIpc) is 2.40. The first kappa shape index (κ1) is 12.5. The molecule has 0 amide bonds. The van der Waals surface area contributed by atoms with Crippen LogP contribution in [0.1, 0.15) is 0 Å². The van der Waals surface area contributed by atoms with Gasteiger partial charge in [-0.05, 0) is 16.8 Å². The third-order valence-electron chi connectivity index (χ3n) is 3.16. The molecule has 0 radical (unpaired) electrons. The van der Waals surface area contributed by atoms with Crippen LogP contribution in [0.3, 0.4) is 0 Å². The molecule has 3 aromatic carbocycles. The molecule has 0 unspecified atom stereocenters. The molecule has 0 spiro atoms. The molecule has 0 heterocycles. The molecule has 1 nitrogen and oxygen atoms in total. The predicted molar refractivity (Wildman–Crippen MR) is 70.9 cm³/mol. The van der Waals surface area contributed by atoms with E-state index in [1.807, 2.05) is 0 Å². The molecule has 0 saturated carbocycles. The van der Waals surface area contributed by atoms with Crippen molar-refractivity contribution in [3.63, 3.8) is 0 Å². The van der Waals surface area contributed by atoms with Crippen molar-refractivity contribution in [3.05, 3.63) is 66.0 Å². The van der Waals surface area contributed by atoms with Crippen molar-refractivity contribution < 1.29 is 18.3 Å². The van der Waals surface area contributed by atoms with Crippen molar-refractivity contribution in [2.75, 3.05) is 0 Å². The fourth-order valence-corrected chi connectivity index (χ4v) is 2.30. The number of phenols is 1. The van der Waals surface area contributed by atoms with E-state index < -0.39 is 23.0 Å². The molecule has 1 N–H and O–H groups in total. The van der Waals surface area contributed by atoms with Crippen LogP contribution in [0.15, 0.2) is 48.5 Å². The molecule has 0 aromatic heterocycles. The summed E-state index contributed by atoms with van der Waals surface area (Å²) in [5, 5.41) is 11.2. The lowest BCUT2D eigenvalue weighted by molar-refractivity contribution is 0.476. The number of hydrogen-bond acceptors (Lipinski definition) is 1. The lowest BCUT2D eigenvalue weighted by Gasteiger charge is -2.11. The summed E-state index contributed by atoms with van der Waals surface area (Å²) in [6, 6.07) is 11.1. The Bertz CT molecular complexity index is 789. The molecule has 3 aromatic rings. The van der Waals surface area contributed by atoms with Gasteiger partial charge in [-0.3, -0.25) is 0 Å². The molecule has 0 fully saturated rings. The van der Waals surface area contributed by atoms with E-state index >= 15 is 0 Å². The van der Waals surface area contributed by atoms with Crippen molar-refractivity contribution in [1.82, 2.24) is 0 Å². The van der Waals surface area contributed by atoms with Crippen LogP contribution >= 0.6 is 0 Å². The maximum absolute atomic E-state index is 13.9. The van der Waals surface area contributed by atoms with Gasteiger partial charge in [0.2, 0.25) is 0 Å². The second-order valence-electron chi connectivity index (χ2n) is 4.43. The second kappa shape index (κ2) is 4.56. The van der Waals surface area contributed by atoms with E-state index in [0.29, 0.717) is 17.5 Å².